The molecule has 1 aliphatic carbocycles. The number of aliphatic hydroxyl groups is 2. The van der Waals surface area contributed by atoms with E-state index in [0.29, 0.717) is 12.6 Å². The van der Waals surface area contributed by atoms with Crippen LogP contribution in [0.5, 0.6) is 0 Å². The Kier molecular flexibility index (Phi) is 4.55. The summed E-state index contributed by atoms with van der Waals surface area (Å²) in [6.45, 7) is 2.72. The number of aryl methyl sites for hydroxylation is 1. The monoisotopic (exact) mass is 250 g/mol. The van der Waals surface area contributed by atoms with Crippen molar-refractivity contribution < 1.29 is 10.2 Å². The molecule has 0 saturated heterocycles. The lowest BCUT2D eigenvalue weighted by molar-refractivity contribution is 0.279. The Morgan fingerprint density at radius 2 is 2.06 bits per heavy atom. The van der Waals surface area contributed by atoms with Gasteiger partial charge >= 0.3 is 0 Å². The minimum atomic E-state index is -0.00272. The van der Waals surface area contributed by atoms with Crippen molar-refractivity contribution in [2.24, 2.45) is 0 Å². The number of nitrogens with zero attached hydrogens (tertiary/aromatic N) is 2. The molecule has 0 spiro atoms. The minimum absolute atomic E-state index is 0.00272. The fraction of sp³-hybridized carbons (Fsp3) is 0.643. The molecule has 1 aromatic heterocycles. The van der Waals surface area contributed by atoms with Crippen LogP contribution in [0.4, 0.5) is 5.69 Å². The molecule has 100 valence electrons. The van der Waals surface area contributed by atoms with E-state index in [0.717, 1.165) is 16.9 Å². The summed E-state index contributed by atoms with van der Waals surface area (Å²) in [6.07, 6.45) is 6.60. The SMILES string of the molecule is Cc1cc(N(CCO)C2CCCC2)c(CO)cn1. The highest BCUT2D eigenvalue weighted by Gasteiger charge is 2.24. The summed E-state index contributed by atoms with van der Waals surface area (Å²) in [7, 11) is 0. The molecule has 2 rings (SSSR count). The van der Waals surface area contributed by atoms with Crippen LogP contribution in [0.3, 0.4) is 0 Å². The third-order valence-corrected chi connectivity index (χ3v) is 3.68. The Morgan fingerprint density at radius 1 is 1.33 bits per heavy atom. The fourth-order valence-corrected chi connectivity index (χ4v) is 2.79. The minimum Gasteiger partial charge on any atom is -0.395 e. The topological polar surface area (TPSA) is 56.6 Å². The van der Waals surface area contributed by atoms with E-state index in [1.54, 1.807) is 6.20 Å². The molecular formula is C14H22N2O2. The van der Waals surface area contributed by atoms with Gasteiger partial charge in [-0.1, -0.05) is 12.8 Å². The lowest BCUT2D eigenvalue weighted by Crippen LogP contribution is -2.36. The van der Waals surface area contributed by atoms with Gasteiger partial charge in [0.25, 0.3) is 0 Å². The Hall–Kier alpha value is -1.13. The molecule has 0 unspecified atom stereocenters. The van der Waals surface area contributed by atoms with Crippen molar-refractivity contribution in [2.45, 2.75) is 45.3 Å². The highest BCUT2D eigenvalue weighted by molar-refractivity contribution is 5.54. The van der Waals surface area contributed by atoms with Crippen molar-refractivity contribution in [2.75, 3.05) is 18.1 Å². The first-order valence-electron chi connectivity index (χ1n) is 6.70. The quantitative estimate of drug-likeness (QED) is 0.834. The highest BCUT2D eigenvalue weighted by atomic mass is 16.3. The zero-order valence-electron chi connectivity index (χ0n) is 11.0. The molecule has 0 bridgehead atoms. The van der Waals surface area contributed by atoms with Crippen LogP contribution < -0.4 is 4.90 Å². The number of anilines is 1. The van der Waals surface area contributed by atoms with Crippen LogP contribution in [0.1, 0.15) is 36.9 Å². The van der Waals surface area contributed by atoms with E-state index in [2.05, 4.69) is 9.88 Å². The summed E-state index contributed by atoms with van der Waals surface area (Å²) in [5.74, 6) is 0. The Morgan fingerprint density at radius 3 is 2.67 bits per heavy atom. The van der Waals surface area contributed by atoms with Crippen LogP contribution in [0, 0.1) is 6.92 Å². The molecule has 2 N–H and O–H groups in total. The highest BCUT2D eigenvalue weighted by Crippen LogP contribution is 2.30. The van der Waals surface area contributed by atoms with E-state index >= 15 is 0 Å². The second kappa shape index (κ2) is 6.16. The van der Waals surface area contributed by atoms with Gasteiger partial charge in [0.1, 0.15) is 0 Å². The summed E-state index contributed by atoms with van der Waals surface area (Å²) < 4.78 is 0. The Balaban J connectivity index is 2.31. The average Bonchev–Trinajstić information content (AvgIpc) is 2.89. The smallest absolute Gasteiger partial charge is 0.0717 e. The molecule has 0 aromatic carbocycles. The summed E-state index contributed by atoms with van der Waals surface area (Å²) in [5, 5.41) is 18.7. The molecule has 0 radical (unpaired) electrons. The molecule has 1 fully saturated rings. The van der Waals surface area contributed by atoms with Crippen LogP contribution in [0.25, 0.3) is 0 Å². The van der Waals surface area contributed by atoms with E-state index in [4.69, 9.17) is 0 Å². The van der Waals surface area contributed by atoms with Crippen molar-refractivity contribution in [1.82, 2.24) is 4.98 Å². The Labute approximate surface area is 108 Å². The molecule has 18 heavy (non-hydrogen) atoms. The number of hydrogen-bond donors (Lipinski definition) is 2. The van der Waals surface area contributed by atoms with Gasteiger partial charge in [0.2, 0.25) is 0 Å². The van der Waals surface area contributed by atoms with Gasteiger partial charge in [0.15, 0.2) is 0 Å². The number of pyridine rings is 1. The standard InChI is InChI=1S/C14H22N2O2/c1-11-8-14(12(10-18)9-15-11)16(6-7-17)13-4-2-3-5-13/h8-9,13,17-18H,2-7,10H2,1H3. The van der Waals surface area contributed by atoms with Gasteiger partial charge in [-0.15, -0.1) is 0 Å². The van der Waals surface area contributed by atoms with Crippen LogP contribution in [-0.2, 0) is 6.61 Å². The first kappa shape index (κ1) is 13.3. The van der Waals surface area contributed by atoms with Crippen LogP contribution in [0.2, 0.25) is 0 Å². The first-order chi connectivity index (χ1) is 8.76. The molecule has 0 amide bonds. The predicted molar refractivity (Wildman–Crippen MR) is 71.6 cm³/mol. The molecule has 0 aliphatic heterocycles. The zero-order valence-corrected chi connectivity index (χ0v) is 11.0. The van der Waals surface area contributed by atoms with Crippen LogP contribution in [0.15, 0.2) is 12.3 Å². The second-order valence-electron chi connectivity index (χ2n) is 4.97. The van der Waals surface area contributed by atoms with Crippen LogP contribution in [-0.4, -0.2) is 34.4 Å². The summed E-state index contributed by atoms with van der Waals surface area (Å²) in [6, 6.07) is 2.50. The molecule has 4 nitrogen and oxygen atoms in total. The third-order valence-electron chi connectivity index (χ3n) is 3.68. The summed E-state index contributed by atoms with van der Waals surface area (Å²) >= 11 is 0. The van der Waals surface area contributed by atoms with Crippen molar-refractivity contribution in [3.63, 3.8) is 0 Å². The number of rotatable bonds is 5. The first-order valence-corrected chi connectivity index (χ1v) is 6.70. The van der Waals surface area contributed by atoms with E-state index in [1.807, 2.05) is 13.0 Å². The Bertz CT molecular complexity index is 389. The van der Waals surface area contributed by atoms with E-state index in [1.165, 1.54) is 25.7 Å². The third kappa shape index (κ3) is 2.82. The zero-order chi connectivity index (χ0) is 13.0. The van der Waals surface area contributed by atoms with Crippen molar-refractivity contribution >= 4 is 5.69 Å². The van der Waals surface area contributed by atoms with Gasteiger partial charge in [-0.05, 0) is 25.8 Å². The maximum absolute atomic E-state index is 9.44. The lowest BCUT2D eigenvalue weighted by atomic mass is 10.1. The van der Waals surface area contributed by atoms with Gasteiger partial charge in [-0.3, -0.25) is 4.98 Å². The van der Waals surface area contributed by atoms with Crippen molar-refractivity contribution in [3.05, 3.63) is 23.5 Å². The molecule has 1 aliphatic rings. The fourth-order valence-electron chi connectivity index (χ4n) is 2.79. The maximum atomic E-state index is 9.44. The predicted octanol–water partition coefficient (Wildman–Crippen LogP) is 1.62. The van der Waals surface area contributed by atoms with E-state index < -0.39 is 0 Å². The van der Waals surface area contributed by atoms with Gasteiger partial charge in [0.05, 0.1) is 13.2 Å². The summed E-state index contributed by atoms with van der Waals surface area (Å²) in [5.41, 5.74) is 2.83. The van der Waals surface area contributed by atoms with Gasteiger partial charge in [-0.25, -0.2) is 0 Å². The van der Waals surface area contributed by atoms with Gasteiger partial charge in [-0.2, -0.15) is 0 Å². The number of hydrogen-bond acceptors (Lipinski definition) is 4. The maximum Gasteiger partial charge on any atom is 0.0717 e. The second-order valence-corrected chi connectivity index (χ2v) is 4.97. The molecular weight excluding hydrogens is 228 g/mol. The lowest BCUT2D eigenvalue weighted by Gasteiger charge is -2.32. The largest absolute Gasteiger partial charge is 0.395 e. The van der Waals surface area contributed by atoms with E-state index in [9.17, 15) is 10.2 Å². The molecule has 1 aromatic rings. The van der Waals surface area contributed by atoms with Crippen molar-refractivity contribution in [1.29, 1.82) is 0 Å². The van der Waals surface area contributed by atoms with Gasteiger partial charge < -0.3 is 15.1 Å². The average molecular weight is 250 g/mol. The molecule has 4 heteroatoms. The molecule has 1 heterocycles. The van der Waals surface area contributed by atoms with E-state index in [-0.39, 0.29) is 13.2 Å². The number of aromatic nitrogens is 1. The molecule has 1 saturated carbocycles. The number of aliphatic hydroxyl groups excluding tert-OH is 2. The molecule has 0 atom stereocenters. The normalized spacial score (nSPS) is 16.2. The summed E-state index contributed by atoms with van der Waals surface area (Å²) in [4.78, 5) is 6.47. The van der Waals surface area contributed by atoms with Gasteiger partial charge in [0, 0.05) is 35.7 Å². The van der Waals surface area contributed by atoms with Crippen molar-refractivity contribution in [3.8, 4) is 0 Å². The van der Waals surface area contributed by atoms with Crippen LogP contribution >= 0.6 is 0 Å².